The van der Waals surface area contributed by atoms with Gasteiger partial charge in [-0.15, -0.1) is 0 Å². The van der Waals surface area contributed by atoms with Gasteiger partial charge in [-0.1, -0.05) is 33.3 Å². The second-order valence-electron chi connectivity index (χ2n) is 5.38. The van der Waals surface area contributed by atoms with Crippen LogP contribution in [0.5, 0.6) is 0 Å². The number of carbonyl (C=O) groups is 1. The highest BCUT2D eigenvalue weighted by Crippen LogP contribution is 2.63. The topological polar surface area (TPSA) is 17.1 Å². The summed E-state index contributed by atoms with van der Waals surface area (Å²) in [6.45, 7) is 8.94. The van der Waals surface area contributed by atoms with E-state index in [1.807, 2.05) is 0 Å². The summed E-state index contributed by atoms with van der Waals surface area (Å²) in [4.78, 5) is 11.7. The molecule has 0 bridgehead atoms. The molecule has 13 heavy (non-hydrogen) atoms. The fraction of sp³-hybridized carbons (Fsp3) is 0.750. The Kier molecular flexibility index (Phi) is 1.56. The molecular formula is C12H18O. The van der Waals surface area contributed by atoms with Gasteiger partial charge in [0.25, 0.3) is 0 Å². The predicted molar refractivity (Wildman–Crippen MR) is 53.4 cm³/mol. The van der Waals surface area contributed by atoms with Crippen molar-refractivity contribution in [1.29, 1.82) is 0 Å². The maximum absolute atomic E-state index is 11.7. The van der Waals surface area contributed by atoms with Crippen molar-refractivity contribution in [2.45, 2.75) is 47.0 Å². The van der Waals surface area contributed by atoms with Crippen molar-refractivity contribution in [3.8, 4) is 0 Å². The van der Waals surface area contributed by atoms with Crippen molar-refractivity contribution in [2.24, 2.45) is 10.8 Å². The van der Waals surface area contributed by atoms with Crippen LogP contribution in [-0.2, 0) is 4.79 Å². The van der Waals surface area contributed by atoms with Crippen LogP contribution in [-0.4, -0.2) is 5.78 Å². The second kappa shape index (κ2) is 2.26. The normalized spacial score (nSPS) is 29.7. The summed E-state index contributed by atoms with van der Waals surface area (Å²) in [5.41, 5.74) is 2.95. The van der Waals surface area contributed by atoms with Gasteiger partial charge >= 0.3 is 0 Å². The Labute approximate surface area is 80.2 Å². The molecule has 1 heteroatoms. The second-order valence-corrected chi connectivity index (χ2v) is 5.38. The highest BCUT2D eigenvalue weighted by Gasteiger charge is 2.55. The van der Waals surface area contributed by atoms with Gasteiger partial charge in [-0.3, -0.25) is 4.79 Å². The monoisotopic (exact) mass is 178 g/mol. The third kappa shape index (κ3) is 0.853. The van der Waals surface area contributed by atoms with Gasteiger partial charge in [-0.25, -0.2) is 0 Å². The zero-order chi connectivity index (χ0) is 9.85. The third-order valence-electron chi connectivity index (χ3n) is 4.35. The Morgan fingerprint density at radius 1 is 1.00 bits per heavy atom. The van der Waals surface area contributed by atoms with Crippen molar-refractivity contribution in [3.63, 3.8) is 0 Å². The van der Waals surface area contributed by atoms with Gasteiger partial charge < -0.3 is 0 Å². The lowest BCUT2D eigenvalue weighted by molar-refractivity contribution is -0.119. The summed E-state index contributed by atoms with van der Waals surface area (Å²) in [5, 5.41) is 0. The lowest BCUT2D eigenvalue weighted by Crippen LogP contribution is -2.50. The van der Waals surface area contributed by atoms with Gasteiger partial charge in [0.2, 0.25) is 0 Å². The molecule has 0 unspecified atom stereocenters. The summed E-state index contributed by atoms with van der Waals surface area (Å²) in [7, 11) is 0. The molecule has 0 heterocycles. The fourth-order valence-electron chi connectivity index (χ4n) is 2.82. The van der Waals surface area contributed by atoms with Crippen LogP contribution in [0.25, 0.3) is 0 Å². The molecule has 2 aliphatic rings. The molecular weight excluding hydrogens is 160 g/mol. The summed E-state index contributed by atoms with van der Waals surface area (Å²) in [5.74, 6) is 0.408. The lowest BCUT2D eigenvalue weighted by atomic mass is 9.46. The molecule has 0 amide bonds. The maximum atomic E-state index is 11.7. The van der Waals surface area contributed by atoms with E-state index in [0.29, 0.717) is 5.78 Å². The molecule has 0 fully saturated rings. The fourth-order valence-corrected chi connectivity index (χ4v) is 2.82. The minimum atomic E-state index is 0.111. The number of carbonyl (C=O) groups excluding carboxylic acids is 1. The summed E-state index contributed by atoms with van der Waals surface area (Å²) in [6, 6.07) is 0. The van der Waals surface area contributed by atoms with E-state index < -0.39 is 0 Å². The SMILES string of the molecule is CC1(C)C2=C(C(=O)CCC2)C1(C)C. The average molecular weight is 178 g/mol. The molecule has 0 radical (unpaired) electrons. The highest BCUT2D eigenvalue weighted by molar-refractivity contribution is 6.00. The number of ketones is 1. The van der Waals surface area contributed by atoms with Crippen molar-refractivity contribution < 1.29 is 4.79 Å². The largest absolute Gasteiger partial charge is 0.295 e. The molecule has 0 saturated carbocycles. The van der Waals surface area contributed by atoms with Crippen LogP contribution in [0.4, 0.5) is 0 Å². The van der Waals surface area contributed by atoms with Crippen molar-refractivity contribution in [1.82, 2.24) is 0 Å². The molecule has 0 spiro atoms. The highest BCUT2D eigenvalue weighted by atomic mass is 16.1. The Morgan fingerprint density at radius 3 is 2.15 bits per heavy atom. The molecule has 0 N–H and O–H groups in total. The van der Waals surface area contributed by atoms with E-state index in [9.17, 15) is 4.79 Å². The smallest absolute Gasteiger partial charge is 0.159 e. The number of rotatable bonds is 0. The Morgan fingerprint density at radius 2 is 1.62 bits per heavy atom. The van der Waals surface area contributed by atoms with Gasteiger partial charge in [0.05, 0.1) is 0 Å². The summed E-state index contributed by atoms with van der Waals surface area (Å²) >= 11 is 0. The minimum Gasteiger partial charge on any atom is -0.295 e. The van der Waals surface area contributed by atoms with Crippen LogP contribution in [0.15, 0.2) is 11.1 Å². The van der Waals surface area contributed by atoms with Crippen LogP contribution in [0, 0.1) is 10.8 Å². The van der Waals surface area contributed by atoms with Crippen LogP contribution in [0.3, 0.4) is 0 Å². The molecule has 0 aromatic carbocycles. The number of hydrogen-bond donors (Lipinski definition) is 0. The van der Waals surface area contributed by atoms with Gasteiger partial charge in [-0.2, -0.15) is 0 Å². The average Bonchev–Trinajstić information content (AvgIpc) is 2.03. The zero-order valence-electron chi connectivity index (χ0n) is 9.03. The first-order valence-electron chi connectivity index (χ1n) is 5.16. The first-order chi connectivity index (χ1) is 5.89. The molecule has 0 aromatic rings. The summed E-state index contributed by atoms with van der Waals surface area (Å²) in [6.07, 6.45) is 2.99. The molecule has 2 rings (SSSR count). The molecule has 0 aliphatic heterocycles. The van der Waals surface area contributed by atoms with Crippen molar-refractivity contribution in [3.05, 3.63) is 11.1 Å². The maximum Gasteiger partial charge on any atom is 0.159 e. The molecule has 0 atom stereocenters. The van der Waals surface area contributed by atoms with E-state index in [1.165, 1.54) is 5.57 Å². The zero-order valence-corrected chi connectivity index (χ0v) is 9.03. The van der Waals surface area contributed by atoms with Crippen LogP contribution in [0.1, 0.15) is 47.0 Å². The van der Waals surface area contributed by atoms with Gasteiger partial charge in [-0.05, 0) is 18.3 Å². The number of hydrogen-bond acceptors (Lipinski definition) is 1. The van der Waals surface area contributed by atoms with E-state index in [2.05, 4.69) is 27.7 Å². The quantitative estimate of drug-likeness (QED) is 0.557. The minimum absolute atomic E-state index is 0.111. The first-order valence-corrected chi connectivity index (χ1v) is 5.16. The van der Waals surface area contributed by atoms with E-state index in [1.54, 1.807) is 0 Å². The van der Waals surface area contributed by atoms with Crippen LogP contribution < -0.4 is 0 Å². The Hall–Kier alpha value is -0.590. The van der Waals surface area contributed by atoms with Gasteiger partial charge in [0.15, 0.2) is 5.78 Å². The first kappa shape index (κ1) is 8.98. The van der Waals surface area contributed by atoms with Crippen molar-refractivity contribution in [2.75, 3.05) is 0 Å². The predicted octanol–water partition coefficient (Wildman–Crippen LogP) is 3.10. The Balaban J connectivity index is 2.51. The van der Waals surface area contributed by atoms with Crippen LogP contribution >= 0.6 is 0 Å². The molecule has 0 saturated heterocycles. The molecule has 0 aromatic heterocycles. The van der Waals surface area contributed by atoms with E-state index in [-0.39, 0.29) is 10.8 Å². The van der Waals surface area contributed by atoms with Gasteiger partial charge in [0, 0.05) is 17.4 Å². The number of allylic oxidation sites excluding steroid dienone is 2. The third-order valence-corrected chi connectivity index (χ3v) is 4.35. The lowest BCUT2D eigenvalue weighted by Gasteiger charge is -2.57. The number of Topliss-reactive ketones (excluding diaryl/α,β-unsaturated/α-hetero) is 1. The van der Waals surface area contributed by atoms with E-state index >= 15 is 0 Å². The standard InChI is InChI=1S/C12H18O/c1-11(2)8-6-5-7-9(13)10(8)12(11,3)4/h5-7H2,1-4H3. The molecule has 1 nitrogen and oxygen atoms in total. The molecule has 72 valence electrons. The van der Waals surface area contributed by atoms with E-state index in [0.717, 1.165) is 24.8 Å². The van der Waals surface area contributed by atoms with E-state index in [4.69, 9.17) is 0 Å². The summed E-state index contributed by atoms with van der Waals surface area (Å²) < 4.78 is 0. The van der Waals surface area contributed by atoms with Crippen LogP contribution in [0.2, 0.25) is 0 Å². The molecule has 2 aliphatic carbocycles. The van der Waals surface area contributed by atoms with Crippen molar-refractivity contribution >= 4 is 5.78 Å². The van der Waals surface area contributed by atoms with Gasteiger partial charge in [0.1, 0.15) is 0 Å². The Bertz CT molecular complexity index is 305.